The van der Waals surface area contributed by atoms with E-state index in [0.29, 0.717) is 16.1 Å². The predicted octanol–water partition coefficient (Wildman–Crippen LogP) is 4.09. The van der Waals surface area contributed by atoms with Crippen LogP contribution in [0.15, 0.2) is 41.4 Å². The monoisotopic (exact) mass is 340 g/mol. The number of methoxy groups -OCH3 is 1. The Balaban J connectivity index is 2.18. The second-order valence-corrected chi connectivity index (χ2v) is 6.66. The molecule has 0 unspecified atom stereocenters. The van der Waals surface area contributed by atoms with Gasteiger partial charge >= 0.3 is 0 Å². The molecular formula is C19H20N2O2S. The topological polar surface area (TPSA) is 43.6 Å². The van der Waals surface area contributed by atoms with Gasteiger partial charge < -0.3 is 9.30 Å². The number of para-hydroxylation sites is 1. The van der Waals surface area contributed by atoms with Crippen LogP contribution in [0.4, 0.5) is 0 Å². The normalized spacial score (nSPS) is 11.9. The molecule has 0 aliphatic rings. The van der Waals surface area contributed by atoms with E-state index in [1.54, 1.807) is 30.6 Å². The third kappa shape index (κ3) is 2.87. The van der Waals surface area contributed by atoms with Gasteiger partial charge in [0.05, 0.1) is 22.9 Å². The van der Waals surface area contributed by atoms with Crippen LogP contribution in [0.3, 0.4) is 0 Å². The number of aryl methyl sites for hydroxylation is 3. The number of rotatable bonds is 3. The molecular weight excluding hydrogens is 320 g/mol. The molecule has 1 amide bonds. The highest BCUT2D eigenvalue weighted by Gasteiger charge is 2.12. The Morgan fingerprint density at radius 3 is 2.62 bits per heavy atom. The summed E-state index contributed by atoms with van der Waals surface area (Å²) < 4.78 is 8.49. The third-order valence-corrected chi connectivity index (χ3v) is 5.19. The Bertz CT molecular complexity index is 983. The number of aromatic nitrogens is 1. The molecule has 0 radical (unpaired) electrons. The second-order valence-electron chi connectivity index (χ2n) is 5.65. The number of carbonyl (C=O) groups is 1. The van der Waals surface area contributed by atoms with Crippen molar-refractivity contribution in [3.8, 4) is 5.75 Å². The molecule has 0 atom stereocenters. The van der Waals surface area contributed by atoms with Crippen LogP contribution in [-0.2, 0) is 6.54 Å². The van der Waals surface area contributed by atoms with Gasteiger partial charge in [-0.05, 0) is 56.2 Å². The van der Waals surface area contributed by atoms with Gasteiger partial charge in [-0.3, -0.25) is 4.79 Å². The van der Waals surface area contributed by atoms with Crippen molar-refractivity contribution in [1.82, 2.24) is 4.57 Å². The van der Waals surface area contributed by atoms with Gasteiger partial charge in [-0.1, -0.05) is 23.5 Å². The summed E-state index contributed by atoms with van der Waals surface area (Å²) >= 11 is 1.54. The number of ether oxygens (including phenoxy) is 1. The van der Waals surface area contributed by atoms with Crippen LogP contribution >= 0.6 is 11.3 Å². The van der Waals surface area contributed by atoms with E-state index in [-0.39, 0.29) is 5.91 Å². The van der Waals surface area contributed by atoms with E-state index < -0.39 is 0 Å². The molecule has 124 valence electrons. The van der Waals surface area contributed by atoms with Crippen LogP contribution in [0, 0.1) is 13.8 Å². The van der Waals surface area contributed by atoms with Gasteiger partial charge in [-0.15, -0.1) is 0 Å². The van der Waals surface area contributed by atoms with Crippen molar-refractivity contribution in [2.75, 3.05) is 7.11 Å². The maximum absolute atomic E-state index is 12.6. The average molecular weight is 340 g/mol. The lowest BCUT2D eigenvalue weighted by Gasteiger charge is -2.05. The lowest BCUT2D eigenvalue weighted by atomic mass is 10.1. The molecule has 24 heavy (non-hydrogen) atoms. The van der Waals surface area contributed by atoms with Crippen molar-refractivity contribution in [1.29, 1.82) is 0 Å². The molecule has 1 aromatic heterocycles. The molecule has 3 aromatic rings. The van der Waals surface area contributed by atoms with Gasteiger partial charge in [0.2, 0.25) is 0 Å². The number of nitrogens with zero attached hydrogens (tertiary/aromatic N) is 2. The highest BCUT2D eigenvalue weighted by Crippen LogP contribution is 2.22. The van der Waals surface area contributed by atoms with E-state index in [1.807, 2.05) is 12.1 Å². The summed E-state index contributed by atoms with van der Waals surface area (Å²) in [5.74, 6) is 0.261. The minimum absolute atomic E-state index is 0.283. The first-order valence-corrected chi connectivity index (χ1v) is 8.69. The smallest absolute Gasteiger partial charge is 0.283 e. The van der Waals surface area contributed by atoms with E-state index in [1.165, 1.54) is 11.1 Å². The fourth-order valence-corrected chi connectivity index (χ4v) is 3.85. The summed E-state index contributed by atoms with van der Waals surface area (Å²) in [6, 6.07) is 11.5. The molecule has 0 saturated carbocycles. The van der Waals surface area contributed by atoms with Crippen LogP contribution in [0.5, 0.6) is 5.75 Å². The van der Waals surface area contributed by atoms with Gasteiger partial charge in [0, 0.05) is 6.54 Å². The van der Waals surface area contributed by atoms with Crippen LogP contribution in [0.1, 0.15) is 28.4 Å². The lowest BCUT2D eigenvalue weighted by molar-refractivity contribution is 0.0995. The Hall–Kier alpha value is -2.40. The fourth-order valence-electron chi connectivity index (χ4n) is 2.68. The molecule has 0 saturated heterocycles. The molecule has 0 spiro atoms. The number of carbonyl (C=O) groups excluding carboxylic acids is 1. The molecule has 0 aliphatic carbocycles. The van der Waals surface area contributed by atoms with Crippen molar-refractivity contribution < 1.29 is 9.53 Å². The number of thiazole rings is 1. The molecule has 4 nitrogen and oxygen atoms in total. The van der Waals surface area contributed by atoms with Crippen molar-refractivity contribution >= 4 is 27.5 Å². The minimum atomic E-state index is -0.283. The van der Waals surface area contributed by atoms with Crippen LogP contribution < -0.4 is 9.54 Å². The zero-order chi connectivity index (χ0) is 17.3. The molecule has 5 heteroatoms. The van der Waals surface area contributed by atoms with E-state index in [0.717, 1.165) is 16.8 Å². The lowest BCUT2D eigenvalue weighted by Crippen LogP contribution is -2.16. The van der Waals surface area contributed by atoms with Crippen molar-refractivity contribution in [2.45, 2.75) is 27.3 Å². The fraction of sp³-hybridized carbons (Fsp3) is 0.263. The van der Waals surface area contributed by atoms with Gasteiger partial charge in [0.1, 0.15) is 5.75 Å². The summed E-state index contributed by atoms with van der Waals surface area (Å²) in [7, 11) is 1.56. The molecule has 3 rings (SSSR count). The zero-order valence-corrected chi connectivity index (χ0v) is 15.1. The largest absolute Gasteiger partial charge is 0.496 e. The minimum Gasteiger partial charge on any atom is -0.496 e. The van der Waals surface area contributed by atoms with Crippen molar-refractivity contribution in [2.24, 2.45) is 4.99 Å². The molecule has 0 fully saturated rings. The molecule has 0 N–H and O–H groups in total. The maximum atomic E-state index is 12.6. The highest BCUT2D eigenvalue weighted by atomic mass is 32.1. The van der Waals surface area contributed by atoms with Crippen molar-refractivity contribution in [3.63, 3.8) is 0 Å². The highest BCUT2D eigenvalue weighted by molar-refractivity contribution is 7.16. The van der Waals surface area contributed by atoms with E-state index in [2.05, 4.69) is 42.5 Å². The van der Waals surface area contributed by atoms with Gasteiger partial charge in [-0.2, -0.15) is 4.99 Å². The quantitative estimate of drug-likeness (QED) is 0.721. The van der Waals surface area contributed by atoms with Gasteiger partial charge in [0.15, 0.2) is 4.80 Å². The second kappa shape index (κ2) is 6.61. The van der Waals surface area contributed by atoms with Crippen molar-refractivity contribution in [3.05, 3.63) is 57.9 Å². The van der Waals surface area contributed by atoms with Crippen LogP contribution in [0.25, 0.3) is 10.2 Å². The van der Waals surface area contributed by atoms with Gasteiger partial charge in [0.25, 0.3) is 5.91 Å². The number of hydrogen-bond donors (Lipinski definition) is 0. The van der Waals surface area contributed by atoms with E-state index in [9.17, 15) is 4.79 Å². The Morgan fingerprint density at radius 2 is 1.92 bits per heavy atom. The Kier molecular flexibility index (Phi) is 4.53. The number of amides is 1. The SMILES string of the molecule is CCn1c(=NC(=O)c2ccccc2OC)sc2cc(C)c(C)cc21. The predicted molar refractivity (Wildman–Crippen MR) is 97.9 cm³/mol. The van der Waals surface area contributed by atoms with Crippen LogP contribution in [-0.4, -0.2) is 17.6 Å². The first-order chi connectivity index (χ1) is 11.5. The third-order valence-electron chi connectivity index (χ3n) is 4.15. The molecule has 1 heterocycles. The number of hydrogen-bond acceptors (Lipinski definition) is 3. The van der Waals surface area contributed by atoms with E-state index in [4.69, 9.17) is 4.74 Å². The van der Waals surface area contributed by atoms with E-state index >= 15 is 0 Å². The first kappa shape index (κ1) is 16.5. The number of fused-ring (bicyclic) bond motifs is 1. The number of benzene rings is 2. The van der Waals surface area contributed by atoms with Gasteiger partial charge in [-0.25, -0.2) is 0 Å². The summed E-state index contributed by atoms with van der Waals surface area (Å²) in [6.07, 6.45) is 0. The summed E-state index contributed by atoms with van der Waals surface area (Å²) in [5.41, 5.74) is 4.09. The maximum Gasteiger partial charge on any atom is 0.283 e. The molecule has 0 aliphatic heterocycles. The summed E-state index contributed by atoms with van der Waals surface area (Å²) in [5, 5.41) is 0. The van der Waals surface area contributed by atoms with Crippen LogP contribution in [0.2, 0.25) is 0 Å². The summed E-state index contributed by atoms with van der Waals surface area (Å²) in [4.78, 5) is 17.7. The zero-order valence-electron chi connectivity index (χ0n) is 14.3. The molecule has 2 aromatic carbocycles. The molecule has 0 bridgehead atoms. The summed E-state index contributed by atoms with van der Waals surface area (Å²) in [6.45, 7) is 7.03. The Labute approximate surface area is 145 Å². The Morgan fingerprint density at radius 1 is 1.21 bits per heavy atom. The standard InChI is InChI=1S/C19H20N2O2S/c1-5-21-15-10-12(2)13(3)11-17(15)24-19(21)20-18(22)14-8-6-7-9-16(14)23-4/h6-11H,5H2,1-4H3. The average Bonchev–Trinajstić information content (AvgIpc) is 2.91. The first-order valence-electron chi connectivity index (χ1n) is 7.87.